The Kier molecular flexibility index (Phi) is 2.75. The monoisotopic (exact) mass is 256 g/mol. The molecule has 0 atom stereocenters. The molecule has 0 spiro atoms. The van der Waals surface area contributed by atoms with Gasteiger partial charge in [0, 0.05) is 0 Å². The van der Waals surface area contributed by atoms with Crippen LogP contribution in [0.4, 0.5) is 10.3 Å². The van der Waals surface area contributed by atoms with Crippen molar-refractivity contribution in [2.24, 2.45) is 0 Å². The number of aromatic nitrogens is 2. The zero-order valence-corrected chi connectivity index (χ0v) is 9.62. The average Bonchev–Trinajstić information content (AvgIpc) is 2.64. The molecule has 3 N–H and O–H groups in total. The topological polar surface area (TPSA) is 98.0 Å². The first-order valence-electron chi connectivity index (χ1n) is 4.25. The van der Waals surface area contributed by atoms with Gasteiger partial charge >= 0.3 is 0 Å². The molecular weight excluding hydrogens is 248 g/mol. The number of nitrogens with one attached hydrogen (secondary N) is 1. The molecule has 2 rings (SSSR count). The average molecular weight is 256 g/mol. The van der Waals surface area contributed by atoms with E-state index in [-0.39, 0.29) is 15.2 Å². The number of anilines is 2. The van der Waals surface area contributed by atoms with Crippen LogP contribution >= 0.6 is 11.3 Å². The SMILES string of the molecule is Nc1nnc(NS(=O)(=O)c2ccccc2)s1. The summed E-state index contributed by atoms with van der Waals surface area (Å²) in [5.74, 6) is 0. The lowest BCUT2D eigenvalue weighted by Crippen LogP contribution is -2.12. The number of benzene rings is 1. The molecule has 0 amide bonds. The van der Waals surface area contributed by atoms with Crippen LogP contribution in [0.15, 0.2) is 35.2 Å². The van der Waals surface area contributed by atoms with E-state index in [4.69, 9.17) is 5.73 Å². The van der Waals surface area contributed by atoms with E-state index in [1.807, 2.05) is 0 Å². The highest BCUT2D eigenvalue weighted by Crippen LogP contribution is 2.20. The van der Waals surface area contributed by atoms with E-state index < -0.39 is 10.0 Å². The smallest absolute Gasteiger partial charge is 0.263 e. The van der Waals surface area contributed by atoms with Gasteiger partial charge in [-0.15, -0.1) is 10.2 Å². The number of hydrogen-bond donors (Lipinski definition) is 2. The third kappa shape index (κ3) is 2.28. The molecule has 0 bridgehead atoms. The number of rotatable bonds is 3. The third-order valence-electron chi connectivity index (χ3n) is 1.72. The zero-order chi connectivity index (χ0) is 11.6. The predicted molar refractivity (Wildman–Crippen MR) is 61.6 cm³/mol. The molecule has 0 aliphatic heterocycles. The minimum atomic E-state index is -3.60. The maximum atomic E-state index is 11.8. The van der Waals surface area contributed by atoms with Crippen molar-refractivity contribution in [1.29, 1.82) is 0 Å². The molecule has 1 heterocycles. The van der Waals surface area contributed by atoms with Gasteiger partial charge in [0.2, 0.25) is 10.3 Å². The van der Waals surface area contributed by atoms with Gasteiger partial charge in [0.25, 0.3) is 10.0 Å². The molecule has 0 aliphatic carbocycles. The third-order valence-corrected chi connectivity index (χ3v) is 3.87. The van der Waals surface area contributed by atoms with Gasteiger partial charge in [0.1, 0.15) is 0 Å². The van der Waals surface area contributed by atoms with Crippen LogP contribution < -0.4 is 10.5 Å². The predicted octanol–water partition coefficient (Wildman–Crippen LogP) is 0.921. The Balaban J connectivity index is 2.28. The first-order valence-corrected chi connectivity index (χ1v) is 6.55. The van der Waals surface area contributed by atoms with Crippen molar-refractivity contribution < 1.29 is 8.42 Å². The van der Waals surface area contributed by atoms with Gasteiger partial charge < -0.3 is 5.73 Å². The molecule has 8 heteroatoms. The molecule has 2 aromatic rings. The normalized spacial score (nSPS) is 11.2. The molecule has 0 unspecified atom stereocenters. The summed E-state index contributed by atoms with van der Waals surface area (Å²) >= 11 is 0.975. The molecule has 1 aromatic carbocycles. The van der Waals surface area contributed by atoms with Crippen molar-refractivity contribution in [3.05, 3.63) is 30.3 Å². The zero-order valence-electron chi connectivity index (χ0n) is 7.99. The Bertz CT molecular complexity index is 579. The fourth-order valence-corrected chi connectivity index (χ4v) is 2.81. The first kappa shape index (κ1) is 10.8. The molecule has 16 heavy (non-hydrogen) atoms. The lowest BCUT2D eigenvalue weighted by atomic mass is 10.4. The van der Waals surface area contributed by atoms with E-state index in [9.17, 15) is 8.42 Å². The summed E-state index contributed by atoms with van der Waals surface area (Å²) in [6, 6.07) is 8.01. The van der Waals surface area contributed by atoms with Gasteiger partial charge in [0.15, 0.2) is 0 Å². The van der Waals surface area contributed by atoms with Gasteiger partial charge in [-0.3, -0.25) is 4.72 Å². The van der Waals surface area contributed by atoms with Crippen LogP contribution in [0.2, 0.25) is 0 Å². The lowest BCUT2D eigenvalue weighted by Gasteiger charge is -2.03. The van der Waals surface area contributed by atoms with Gasteiger partial charge in [-0.1, -0.05) is 29.5 Å². The maximum Gasteiger partial charge on any atom is 0.263 e. The molecule has 0 radical (unpaired) electrons. The van der Waals surface area contributed by atoms with E-state index in [1.165, 1.54) is 12.1 Å². The minimum absolute atomic E-state index is 0.154. The summed E-state index contributed by atoms with van der Waals surface area (Å²) in [7, 11) is -3.60. The Hall–Kier alpha value is -1.67. The van der Waals surface area contributed by atoms with Crippen molar-refractivity contribution in [1.82, 2.24) is 10.2 Å². The Labute approximate surface area is 96.2 Å². The van der Waals surface area contributed by atoms with Gasteiger partial charge in [-0.2, -0.15) is 0 Å². The minimum Gasteiger partial charge on any atom is -0.374 e. The fourth-order valence-electron chi connectivity index (χ4n) is 1.05. The Morgan fingerprint density at radius 1 is 1.19 bits per heavy atom. The Morgan fingerprint density at radius 3 is 2.44 bits per heavy atom. The summed E-state index contributed by atoms with van der Waals surface area (Å²) in [5, 5.41) is 7.46. The van der Waals surface area contributed by atoms with Crippen LogP contribution in [0, 0.1) is 0 Å². The maximum absolute atomic E-state index is 11.8. The quantitative estimate of drug-likeness (QED) is 0.851. The summed E-state index contributed by atoms with van der Waals surface area (Å²) in [4.78, 5) is 0.170. The van der Waals surface area contributed by atoms with E-state index in [2.05, 4.69) is 14.9 Å². The second-order valence-electron chi connectivity index (χ2n) is 2.86. The van der Waals surface area contributed by atoms with Gasteiger partial charge in [-0.25, -0.2) is 8.42 Å². The summed E-state index contributed by atoms with van der Waals surface area (Å²) in [5.41, 5.74) is 5.35. The van der Waals surface area contributed by atoms with E-state index in [0.717, 1.165) is 11.3 Å². The standard InChI is InChI=1S/C8H8N4O2S2/c9-7-10-11-8(15-7)12-16(13,14)6-4-2-1-3-5-6/h1-5H,(H2,9,10)(H,11,12). The van der Waals surface area contributed by atoms with Crippen molar-refractivity contribution in [3.8, 4) is 0 Å². The van der Waals surface area contributed by atoms with Crippen LogP contribution in [0.25, 0.3) is 0 Å². The highest BCUT2D eigenvalue weighted by molar-refractivity contribution is 7.93. The van der Waals surface area contributed by atoms with Crippen molar-refractivity contribution in [2.75, 3.05) is 10.5 Å². The number of sulfonamides is 1. The fraction of sp³-hybridized carbons (Fsp3) is 0. The largest absolute Gasteiger partial charge is 0.374 e. The molecule has 0 aliphatic rings. The van der Waals surface area contributed by atoms with Gasteiger partial charge in [0.05, 0.1) is 4.90 Å². The number of nitrogens with zero attached hydrogens (tertiary/aromatic N) is 2. The molecule has 0 saturated heterocycles. The van der Waals surface area contributed by atoms with E-state index in [0.29, 0.717) is 0 Å². The van der Waals surface area contributed by atoms with Gasteiger partial charge in [-0.05, 0) is 12.1 Å². The molecule has 1 aromatic heterocycles. The molecule has 0 fully saturated rings. The highest BCUT2D eigenvalue weighted by atomic mass is 32.2. The molecule has 6 nitrogen and oxygen atoms in total. The van der Waals surface area contributed by atoms with Crippen LogP contribution in [-0.4, -0.2) is 18.6 Å². The Morgan fingerprint density at radius 2 is 1.88 bits per heavy atom. The van der Waals surface area contributed by atoms with E-state index >= 15 is 0 Å². The summed E-state index contributed by atoms with van der Waals surface area (Å²) < 4.78 is 25.9. The van der Waals surface area contributed by atoms with E-state index in [1.54, 1.807) is 18.2 Å². The second-order valence-corrected chi connectivity index (χ2v) is 5.56. The number of hydrogen-bond acceptors (Lipinski definition) is 6. The molecule has 84 valence electrons. The van der Waals surface area contributed by atoms with Crippen LogP contribution in [0.3, 0.4) is 0 Å². The number of nitrogens with two attached hydrogens (primary N) is 1. The van der Waals surface area contributed by atoms with Crippen LogP contribution in [0.1, 0.15) is 0 Å². The van der Waals surface area contributed by atoms with Crippen LogP contribution in [-0.2, 0) is 10.0 Å². The summed E-state index contributed by atoms with van der Waals surface area (Å²) in [6.07, 6.45) is 0. The molecule has 0 saturated carbocycles. The van der Waals surface area contributed by atoms with Crippen molar-refractivity contribution in [2.45, 2.75) is 4.90 Å². The lowest BCUT2D eigenvalue weighted by molar-refractivity contribution is 0.601. The van der Waals surface area contributed by atoms with Crippen molar-refractivity contribution in [3.63, 3.8) is 0 Å². The van der Waals surface area contributed by atoms with Crippen LogP contribution in [0.5, 0.6) is 0 Å². The highest BCUT2D eigenvalue weighted by Gasteiger charge is 2.15. The first-order chi connectivity index (χ1) is 7.58. The van der Waals surface area contributed by atoms with Crippen molar-refractivity contribution >= 4 is 31.6 Å². The number of nitrogen functional groups attached to an aromatic ring is 1. The molecular formula is C8H8N4O2S2. The second kappa shape index (κ2) is 4.06. The summed E-state index contributed by atoms with van der Waals surface area (Å²) in [6.45, 7) is 0.